The number of hydrogen-bond acceptors (Lipinski definition) is 5. The number of benzene rings is 2. The van der Waals surface area contributed by atoms with Gasteiger partial charge in [0.15, 0.2) is 0 Å². The molecule has 194 valence electrons. The number of aliphatic hydroxyl groups is 2. The van der Waals surface area contributed by atoms with Gasteiger partial charge in [-0.1, -0.05) is 41.9 Å². The Morgan fingerprint density at radius 2 is 1.89 bits per heavy atom. The molecule has 2 heterocycles. The molecule has 0 spiro atoms. The normalized spacial score (nSPS) is 13.1. The van der Waals surface area contributed by atoms with Crippen LogP contribution in [0.2, 0.25) is 5.02 Å². The van der Waals surface area contributed by atoms with Crippen molar-refractivity contribution < 1.29 is 19.7 Å². The smallest absolute Gasteiger partial charge is 0.251 e. The third-order valence-electron chi connectivity index (χ3n) is 6.06. The maximum absolute atomic E-state index is 12.9. The van der Waals surface area contributed by atoms with E-state index in [9.17, 15) is 15.0 Å². The van der Waals surface area contributed by atoms with Crippen LogP contribution in [0.15, 0.2) is 67.0 Å². The molecule has 4 aromatic rings. The molecule has 0 saturated heterocycles. The van der Waals surface area contributed by atoms with E-state index in [1.165, 1.54) is 0 Å². The second kappa shape index (κ2) is 11.8. The first-order valence-electron chi connectivity index (χ1n) is 12.4. The van der Waals surface area contributed by atoms with E-state index in [0.29, 0.717) is 29.2 Å². The van der Waals surface area contributed by atoms with E-state index in [1.807, 2.05) is 67.0 Å². The van der Waals surface area contributed by atoms with Crippen molar-refractivity contribution in [2.75, 3.05) is 6.61 Å². The molecule has 1 unspecified atom stereocenters. The summed E-state index contributed by atoms with van der Waals surface area (Å²) in [6, 6.07) is 16.5. The molecule has 0 saturated carbocycles. The van der Waals surface area contributed by atoms with Crippen LogP contribution in [0.1, 0.15) is 54.8 Å². The second-order valence-corrected chi connectivity index (χ2v) is 9.80. The SMILES string of the molecule is CC(C)Oc1ccc(C(=O)NC(CCO)Cc2ccc(-c3cn4cccc([C@H](C)O)c4n3)cc2)cc1Cl. The highest BCUT2D eigenvalue weighted by Gasteiger charge is 2.17. The number of rotatable bonds is 10. The number of aromatic nitrogens is 2. The highest BCUT2D eigenvalue weighted by molar-refractivity contribution is 6.32. The van der Waals surface area contributed by atoms with Crippen molar-refractivity contribution in [1.82, 2.24) is 14.7 Å². The molecule has 2 aromatic carbocycles. The van der Waals surface area contributed by atoms with Crippen LogP contribution in [0, 0.1) is 0 Å². The predicted octanol–water partition coefficient (Wildman–Crippen LogP) is 5.22. The van der Waals surface area contributed by atoms with Crippen molar-refractivity contribution in [1.29, 1.82) is 0 Å². The van der Waals surface area contributed by atoms with E-state index in [-0.39, 0.29) is 24.7 Å². The van der Waals surface area contributed by atoms with Crippen molar-refractivity contribution in [3.63, 3.8) is 0 Å². The number of aliphatic hydroxyl groups excluding tert-OH is 2. The van der Waals surface area contributed by atoms with Crippen molar-refractivity contribution >= 4 is 23.2 Å². The molecule has 0 bridgehead atoms. The number of amides is 1. The fourth-order valence-corrected chi connectivity index (χ4v) is 4.46. The van der Waals surface area contributed by atoms with Gasteiger partial charge in [0.1, 0.15) is 11.4 Å². The molecule has 0 aliphatic rings. The number of halogens is 1. The Labute approximate surface area is 221 Å². The number of carbonyl (C=O) groups excluding carboxylic acids is 1. The summed E-state index contributed by atoms with van der Waals surface area (Å²) >= 11 is 6.30. The summed E-state index contributed by atoms with van der Waals surface area (Å²) < 4.78 is 7.55. The lowest BCUT2D eigenvalue weighted by Gasteiger charge is -2.19. The zero-order valence-corrected chi connectivity index (χ0v) is 21.9. The van der Waals surface area contributed by atoms with Gasteiger partial charge in [0.2, 0.25) is 0 Å². The average Bonchev–Trinajstić information content (AvgIpc) is 3.30. The first-order chi connectivity index (χ1) is 17.7. The molecular formula is C29H32ClN3O4. The molecule has 2 aromatic heterocycles. The zero-order chi connectivity index (χ0) is 26.5. The Balaban J connectivity index is 1.46. The van der Waals surface area contributed by atoms with Gasteiger partial charge >= 0.3 is 0 Å². The van der Waals surface area contributed by atoms with Crippen LogP contribution in [-0.2, 0) is 6.42 Å². The summed E-state index contributed by atoms with van der Waals surface area (Å²) in [4.78, 5) is 17.6. The van der Waals surface area contributed by atoms with Crippen LogP contribution in [0.3, 0.4) is 0 Å². The third-order valence-corrected chi connectivity index (χ3v) is 6.36. The monoisotopic (exact) mass is 521 g/mol. The van der Waals surface area contributed by atoms with Crippen molar-refractivity contribution in [3.05, 3.63) is 88.7 Å². The van der Waals surface area contributed by atoms with Gasteiger partial charge in [-0.15, -0.1) is 0 Å². The van der Waals surface area contributed by atoms with Crippen LogP contribution in [0.25, 0.3) is 16.9 Å². The quantitative estimate of drug-likeness (QED) is 0.266. The molecule has 0 aliphatic heterocycles. The Morgan fingerprint density at radius 3 is 2.54 bits per heavy atom. The Bertz CT molecular complexity index is 1370. The zero-order valence-electron chi connectivity index (χ0n) is 21.2. The Kier molecular flexibility index (Phi) is 8.48. The van der Waals surface area contributed by atoms with Crippen molar-refractivity contribution in [2.24, 2.45) is 0 Å². The van der Waals surface area contributed by atoms with Gasteiger partial charge < -0.3 is 24.7 Å². The van der Waals surface area contributed by atoms with Crippen LogP contribution in [-0.4, -0.2) is 44.3 Å². The molecule has 3 N–H and O–H groups in total. The molecular weight excluding hydrogens is 490 g/mol. The number of hydrogen-bond donors (Lipinski definition) is 3. The number of imidazole rings is 1. The Morgan fingerprint density at radius 1 is 1.14 bits per heavy atom. The second-order valence-electron chi connectivity index (χ2n) is 9.39. The lowest BCUT2D eigenvalue weighted by molar-refractivity contribution is 0.0930. The summed E-state index contributed by atoms with van der Waals surface area (Å²) in [5.41, 5.74) is 4.71. The summed E-state index contributed by atoms with van der Waals surface area (Å²) in [5.74, 6) is 0.277. The number of carbonyl (C=O) groups is 1. The van der Waals surface area contributed by atoms with E-state index in [1.54, 1.807) is 25.1 Å². The maximum atomic E-state index is 12.9. The van der Waals surface area contributed by atoms with Crippen LogP contribution in [0.5, 0.6) is 5.75 Å². The van der Waals surface area contributed by atoms with Gasteiger partial charge in [0.05, 0.1) is 22.9 Å². The number of nitrogens with zero attached hydrogens (tertiary/aromatic N) is 2. The molecule has 4 rings (SSSR count). The maximum Gasteiger partial charge on any atom is 0.251 e. The summed E-state index contributed by atoms with van der Waals surface area (Å²) in [5, 5.41) is 23.0. The van der Waals surface area contributed by atoms with Gasteiger partial charge in [-0.25, -0.2) is 4.98 Å². The first kappa shape index (κ1) is 26.7. The number of pyridine rings is 1. The molecule has 8 heteroatoms. The molecule has 2 atom stereocenters. The van der Waals surface area contributed by atoms with E-state index >= 15 is 0 Å². The Hall–Kier alpha value is -3.39. The molecule has 1 amide bonds. The minimum atomic E-state index is -0.609. The number of nitrogens with one attached hydrogen (secondary N) is 1. The largest absolute Gasteiger partial charge is 0.489 e. The summed E-state index contributed by atoms with van der Waals surface area (Å²) in [7, 11) is 0. The van der Waals surface area contributed by atoms with E-state index in [4.69, 9.17) is 21.3 Å². The summed E-state index contributed by atoms with van der Waals surface area (Å²) in [6.45, 7) is 5.50. The highest BCUT2D eigenvalue weighted by atomic mass is 35.5. The van der Waals surface area contributed by atoms with Crippen molar-refractivity contribution in [2.45, 2.75) is 51.9 Å². The van der Waals surface area contributed by atoms with Gasteiger partial charge in [-0.05, 0) is 63.4 Å². The minimum Gasteiger partial charge on any atom is -0.489 e. The highest BCUT2D eigenvalue weighted by Crippen LogP contribution is 2.27. The molecule has 0 radical (unpaired) electrons. The van der Waals surface area contributed by atoms with Crippen LogP contribution < -0.4 is 10.1 Å². The van der Waals surface area contributed by atoms with Crippen LogP contribution in [0.4, 0.5) is 0 Å². The molecule has 7 nitrogen and oxygen atoms in total. The van der Waals surface area contributed by atoms with Gasteiger partial charge in [-0.2, -0.15) is 0 Å². The number of ether oxygens (including phenoxy) is 1. The molecule has 37 heavy (non-hydrogen) atoms. The lowest BCUT2D eigenvalue weighted by Crippen LogP contribution is -2.37. The standard InChI is InChI=1S/C29H32ClN3O4/c1-18(2)37-27-11-10-22(16-25(27)30)29(36)31-23(12-14-34)15-20-6-8-21(9-7-20)26-17-33-13-4-5-24(19(3)35)28(33)32-26/h4-11,13,16-19,23,34-35H,12,14-15H2,1-3H3,(H,31,36)/t19-,23?/m0/s1. The van der Waals surface area contributed by atoms with Crippen LogP contribution >= 0.6 is 11.6 Å². The fraction of sp³-hybridized carbons (Fsp3) is 0.310. The predicted molar refractivity (Wildman–Crippen MR) is 145 cm³/mol. The van der Waals surface area contributed by atoms with Crippen molar-refractivity contribution in [3.8, 4) is 17.0 Å². The molecule has 0 aliphatic carbocycles. The topological polar surface area (TPSA) is 96.1 Å². The molecule has 0 fully saturated rings. The van der Waals surface area contributed by atoms with Gasteiger partial charge in [0.25, 0.3) is 5.91 Å². The third kappa shape index (κ3) is 6.49. The van der Waals surface area contributed by atoms with E-state index < -0.39 is 6.10 Å². The first-order valence-corrected chi connectivity index (χ1v) is 12.8. The van der Waals surface area contributed by atoms with E-state index in [2.05, 4.69) is 5.32 Å². The summed E-state index contributed by atoms with van der Waals surface area (Å²) in [6.07, 6.45) is 4.20. The minimum absolute atomic E-state index is 0.0214. The lowest BCUT2D eigenvalue weighted by atomic mass is 10.0. The number of fused-ring (bicyclic) bond motifs is 1. The fourth-order valence-electron chi connectivity index (χ4n) is 4.24. The van der Waals surface area contributed by atoms with E-state index in [0.717, 1.165) is 28.0 Å². The average molecular weight is 522 g/mol. The van der Waals surface area contributed by atoms with Gasteiger partial charge in [-0.3, -0.25) is 4.79 Å². The van der Waals surface area contributed by atoms with Gasteiger partial charge in [0, 0.05) is 41.7 Å².